The Kier molecular flexibility index (Phi) is 2.57. The van der Waals surface area contributed by atoms with Crippen LogP contribution >= 0.6 is 0 Å². The van der Waals surface area contributed by atoms with E-state index in [4.69, 9.17) is 11.5 Å². The molecule has 0 heterocycles. The van der Waals surface area contributed by atoms with Crippen LogP contribution in [0.25, 0.3) is 0 Å². The van der Waals surface area contributed by atoms with E-state index in [0.717, 1.165) is 6.07 Å². The maximum Gasteiger partial charge on any atom is 0.251 e. The number of halogens is 2. The van der Waals surface area contributed by atoms with Gasteiger partial charge in [-0.25, -0.2) is 8.78 Å². The normalized spacial score (nSPS) is 10.1. The topological polar surface area (TPSA) is 69.1 Å². The first-order valence-electron chi connectivity index (χ1n) is 3.54. The number of carbonyl (C=O) groups is 1. The Bertz CT molecular complexity index is 352. The van der Waals surface area contributed by atoms with Crippen molar-refractivity contribution in [3.8, 4) is 0 Å². The number of nitrogens with two attached hydrogens (primary N) is 2. The van der Waals surface area contributed by atoms with Gasteiger partial charge in [-0.1, -0.05) is 6.07 Å². The van der Waals surface area contributed by atoms with Crippen LogP contribution in [0.3, 0.4) is 0 Å². The molecule has 0 aliphatic heterocycles. The van der Waals surface area contributed by atoms with Crippen molar-refractivity contribution >= 4 is 5.91 Å². The zero-order chi connectivity index (χ0) is 10.0. The minimum Gasteiger partial charge on any atom is -0.366 e. The van der Waals surface area contributed by atoms with Gasteiger partial charge in [-0.15, -0.1) is 0 Å². The van der Waals surface area contributed by atoms with Crippen LogP contribution in [0.5, 0.6) is 0 Å². The van der Waals surface area contributed by atoms with Gasteiger partial charge in [-0.05, 0) is 6.07 Å². The summed E-state index contributed by atoms with van der Waals surface area (Å²) in [6, 6.07) is 2.35. The second-order valence-corrected chi connectivity index (χ2v) is 2.47. The van der Waals surface area contributed by atoms with Crippen LogP contribution in [-0.4, -0.2) is 5.91 Å². The molecule has 0 saturated carbocycles. The number of hydrogen-bond donors (Lipinski definition) is 2. The van der Waals surface area contributed by atoms with E-state index >= 15 is 0 Å². The number of amides is 1. The van der Waals surface area contributed by atoms with Crippen molar-refractivity contribution in [1.29, 1.82) is 0 Å². The van der Waals surface area contributed by atoms with Crippen molar-refractivity contribution in [3.63, 3.8) is 0 Å². The molecule has 0 aromatic heterocycles. The molecule has 13 heavy (non-hydrogen) atoms. The highest BCUT2D eigenvalue weighted by Gasteiger charge is 2.15. The van der Waals surface area contributed by atoms with Gasteiger partial charge >= 0.3 is 0 Å². The van der Waals surface area contributed by atoms with E-state index in [1.807, 2.05) is 0 Å². The maximum atomic E-state index is 13.0. The fourth-order valence-electron chi connectivity index (χ4n) is 0.937. The Hall–Kier alpha value is -1.49. The standard InChI is InChI=1S/C8H8F2N2O/c9-6-4(3-11)1-2-5(7(6)10)8(12)13/h1-2H,3,11H2,(H2,12,13). The van der Waals surface area contributed by atoms with Crippen LogP contribution in [0.15, 0.2) is 12.1 Å². The lowest BCUT2D eigenvalue weighted by Crippen LogP contribution is -2.15. The molecular weight excluding hydrogens is 178 g/mol. The number of rotatable bonds is 2. The minimum absolute atomic E-state index is 0.0162. The van der Waals surface area contributed by atoms with Gasteiger partial charge in [0, 0.05) is 12.1 Å². The maximum absolute atomic E-state index is 13.0. The molecule has 1 aromatic carbocycles. The summed E-state index contributed by atoms with van der Waals surface area (Å²) in [4.78, 5) is 10.6. The van der Waals surface area contributed by atoms with Crippen LogP contribution < -0.4 is 11.5 Å². The largest absolute Gasteiger partial charge is 0.366 e. The van der Waals surface area contributed by atoms with Gasteiger partial charge in [-0.2, -0.15) is 0 Å². The lowest BCUT2D eigenvalue weighted by molar-refractivity contribution is 0.0995. The molecule has 0 spiro atoms. The predicted molar refractivity (Wildman–Crippen MR) is 42.8 cm³/mol. The molecule has 0 bridgehead atoms. The van der Waals surface area contributed by atoms with Crippen molar-refractivity contribution in [2.24, 2.45) is 11.5 Å². The molecule has 70 valence electrons. The predicted octanol–water partition coefficient (Wildman–Crippen LogP) is 0.522. The second-order valence-electron chi connectivity index (χ2n) is 2.47. The van der Waals surface area contributed by atoms with Gasteiger partial charge in [0.15, 0.2) is 11.6 Å². The molecular formula is C8H8F2N2O. The summed E-state index contributed by atoms with van der Waals surface area (Å²) in [5.41, 5.74) is 9.47. The van der Waals surface area contributed by atoms with Crippen molar-refractivity contribution < 1.29 is 13.6 Å². The molecule has 0 unspecified atom stereocenters. The lowest BCUT2D eigenvalue weighted by atomic mass is 10.1. The molecule has 0 atom stereocenters. The minimum atomic E-state index is -1.24. The summed E-state index contributed by atoms with van der Waals surface area (Å²) in [5.74, 6) is -3.35. The van der Waals surface area contributed by atoms with Gasteiger partial charge in [0.05, 0.1) is 5.56 Å². The quantitative estimate of drug-likeness (QED) is 0.707. The van der Waals surface area contributed by atoms with Crippen LogP contribution in [-0.2, 0) is 6.54 Å². The molecule has 0 aliphatic carbocycles. The molecule has 3 nitrogen and oxygen atoms in total. The van der Waals surface area contributed by atoms with Crippen molar-refractivity contribution in [2.45, 2.75) is 6.54 Å². The third-order valence-electron chi connectivity index (χ3n) is 1.65. The second kappa shape index (κ2) is 3.49. The zero-order valence-electron chi connectivity index (χ0n) is 6.68. The number of carbonyl (C=O) groups excluding carboxylic acids is 1. The molecule has 0 radical (unpaired) electrons. The molecule has 1 rings (SSSR count). The first-order chi connectivity index (χ1) is 6.07. The van der Waals surface area contributed by atoms with E-state index in [1.54, 1.807) is 0 Å². The first-order valence-corrected chi connectivity index (χ1v) is 3.54. The molecule has 5 heteroatoms. The smallest absolute Gasteiger partial charge is 0.251 e. The molecule has 4 N–H and O–H groups in total. The van der Waals surface area contributed by atoms with Gasteiger partial charge in [0.2, 0.25) is 0 Å². The fourth-order valence-corrected chi connectivity index (χ4v) is 0.937. The average Bonchev–Trinajstić information content (AvgIpc) is 2.09. The summed E-state index contributed by atoms with van der Waals surface area (Å²) >= 11 is 0. The summed E-state index contributed by atoms with van der Waals surface area (Å²) in [6.45, 7) is -0.123. The number of hydrogen-bond acceptors (Lipinski definition) is 2. The van der Waals surface area contributed by atoms with E-state index in [2.05, 4.69) is 0 Å². The van der Waals surface area contributed by atoms with Crippen molar-refractivity contribution in [1.82, 2.24) is 0 Å². The van der Waals surface area contributed by atoms with Gasteiger partial charge in [0.1, 0.15) is 0 Å². The Morgan fingerprint density at radius 3 is 2.38 bits per heavy atom. The molecule has 1 aromatic rings. The highest BCUT2D eigenvalue weighted by atomic mass is 19.2. The molecule has 0 fully saturated rings. The van der Waals surface area contributed by atoms with Crippen LogP contribution in [0.1, 0.15) is 15.9 Å². The fraction of sp³-hybridized carbons (Fsp3) is 0.125. The van der Waals surface area contributed by atoms with Crippen LogP contribution in [0.2, 0.25) is 0 Å². The Labute approximate surface area is 73.3 Å². The summed E-state index contributed by atoms with van der Waals surface area (Å²) in [6.07, 6.45) is 0. The van der Waals surface area contributed by atoms with Gasteiger partial charge < -0.3 is 11.5 Å². The average molecular weight is 186 g/mol. The Morgan fingerprint density at radius 2 is 1.92 bits per heavy atom. The van der Waals surface area contributed by atoms with Crippen LogP contribution in [0.4, 0.5) is 8.78 Å². The summed E-state index contributed by atoms with van der Waals surface area (Å²) < 4.78 is 25.9. The monoisotopic (exact) mass is 186 g/mol. The number of benzene rings is 1. The lowest BCUT2D eigenvalue weighted by Gasteiger charge is -2.03. The van der Waals surface area contributed by atoms with E-state index < -0.39 is 23.1 Å². The molecule has 0 aliphatic rings. The Morgan fingerprint density at radius 1 is 1.31 bits per heavy atom. The highest BCUT2D eigenvalue weighted by molar-refractivity contribution is 5.93. The molecule has 0 saturated heterocycles. The van der Waals surface area contributed by atoms with Gasteiger partial charge in [-0.3, -0.25) is 4.79 Å². The van der Waals surface area contributed by atoms with Crippen molar-refractivity contribution in [3.05, 3.63) is 34.9 Å². The summed E-state index contributed by atoms with van der Waals surface area (Å²) in [7, 11) is 0. The SMILES string of the molecule is NCc1ccc(C(N)=O)c(F)c1F. The first kappa shape index (κ1) is 9.60. The number of primary amides is 1. The third-order valence-corrected chi connectivity index (χ3v) is 1.65. The van der Waals surface area contributed by atoms with E-state index in [0.29, 0.717) is 0 Å². The van der Waals surface area contributed by atoms with E-state index in [1.165, 1.54) is 6.07 Å². The Balaban J connectivity index is 3.31. The summed E-state index contributed by atoms with van der Waals surface area (Å²) in [5, 5.41) is 0. The van der Waals surface area contributed by atoms with E-state index in [-0.39, 0.29) is 12.1 Å². The van der Waals surface area contributed by atoms with Gasteiger partial charge in [0.25, 0.3) is 5.91 Å². The molecule has 1 amide bonds. The zero-order valence-corrected chi connectivity index (χ0v) is 6.68. The van der Waals surface area contributed by atoms with Crippen LogP contribution in [0, 0.1) is 11.6 Å². The third kappa shape index (κ3) is 1.65. The van der Waals surface area contributed by atoms with E-state index in [9.17, 15) is 13.6 Å². The van der Waals surface area contributed by atoms with Crippen molar-refractivity contribution in [2.75, 3.05) is 0 Å². The highest BCUT2D eigenvalue weighted by Crippen LogP contribution is 2.15.